The highest BCUT2D eigenvalue weighted by Gasteiger charge is 2.43. The molecule has 9 heteroatoms. The van der Waals surface area contributed by atoms with Crippen molar-refractivity contribution in [2.45, 2.75) is 63.8 Å². The molecule has 1 unspecified atom stereocenters. The summed E-state index contributed by atoms with van der Waals surface area (Å²) in [5, 5.41) is 31.2. The van der Waals surface area contributed by atoms with Crippen LogP contribution in [0.5, 0.6) is 11.5 Å². The molecule has 0 spiro atoms. The van der Waals surface area contributed by atoms with Crippen LogP contribution in [0, 0.1) is 5.92 Å². The van der Waals surface area contributed by atoms with E-state index in [-0.39, 0.29) is 24.0 Å². The number of aliphatic hydroxyl groups is 2. The molecule has 2 aromatic carbocycles. The van der Waals surface area contributed by atoms with Crippen molar-refractivity contribution in [3.05, 3.63) is 77.4 Å². The molecule has 9 nitrogen and oxygen atoms in total. The molecule has 0 radical (unpaired) electrons. The summed E-state index contributed by atoms with van der Waals surface area (Å²) in [6, 6.07) is 13.0. The van der Waals surface area contributed by atoms with Crippen LogP contribution in [0.2, 0.25) is 0 Å². The van der Waals surface area contributed by atoms with Crippen LogP contribution in [0.3, 0.4) is 0 Å². The summed E-state index contributed by atoms with van der Waals surface area (Å²) in [4.78, 5) is 12.0. The van der Waals surface area contributed by atoms with Crippen molar-refractivity contribution in [1.82, 2.24) is 0 Å². The molecule has 0 saturated carbocycles. The zero-order chi connectivity index (χ0) is 29.3. The van der Waals surface area contributed by atoms with Crippen LogP contribution in [0.4, 0.5) is 0 Å². The maximum atomic E-state index is 12.0. The minimum absolute atomic E-state index is 0.0277. The van der Waals surface area contributed by atoms with Gasteiger partial charge in [0.05, 0.1) is 19.3 Å². The van der Waals surface area contributed by atoms with Crippen LogP contribution in [0.1, 0.15) is 48.7 Å². The maximum Gasteiger partial charge on any atom is 0.340 e. The third-order valence-corrected chi connectivity index (χ3v) is 6.60. The lowest BCUT2D eigenvalue weighted by Gasteiger charge is -2.21. The van der Waals surface area contributed by atoms with E-state index in [1.54, 1.807) is 45.1 Å². The highest BCUT2D eigenvalue weighted by Crippen LogP contribution is 2.34. The molecule has 1 saturated heterocycles. The summed E-state index contributed by atoms with van der Waals surface area (Å²) < 4.78 is 27.8. The van der Waals surface area contributed by atoms with Crippen LogP contribution >= 0.6 is 0 Å². The Hall–Kier alpha value is -3.21. The Bertz CT molecular complexity index is 1160. The SMILES string of the molecule is COCOc1cc(OC)cc(C=CC[C@@H]2OC(C)(C)O[C@@H]2C(O)C=C[C@@H](Cc2ccccc2)[C@H](C)O)c1C(=O)O. The van der Waals surface area contributed by atoms with E-state index in [1.807, 2.05) is 36.4 Å². The Morgan fingerprint density at radius 2 is 1.82 bits per heavy atom. The molecule has 40 heavy (non-hydrogen) atoms. The van der Waals surface area contributed by atoms with Crippen molar-refractivity contribution < 1.29 is 43.8 Å². The number of benzene rings is 2. The topological polar surface area (TPSA) is 124 Å². The van der Waals surface area contributed by atoms with Crippen molar-refractivity contribution in [1.29, 1.82) is 0 Å². The largest absolute Gasteiger partial charge is 0.497 e. The van der Waals surface area contributed by atoms with Gasteiger partial charge < -0.3 is 39.0 Å². The average Bonchev–Trinajstić information content (AvgIpc) is 3.23. The summed E-state index contributed by atoms with van der Waals surface area (Å²) in [5.74, 6) is -1.72. The zero-order valence-corrected chi connectivity index (χ0v) is 23.7. The van der Waals surface area contributed by atoms with Gasteiger partial charge in [0.15, 0.2) is 12.6 Å². The third-order valence-electron chi connectivity index (χ3n) is 6.60. The first-order valence-electron chi connectivity index (χ1n) is 13.2. The number of carbonyl (C=O) groups is 1. The van der Waals surface area contributed by atoms with Gasteiger partial charge in [0.1, 0.15) is 29.3 Å². The number of rotatable bonds is 14. The molecular weight excluding hydrogens is 516 g/mol. The van der Waals surface area contributed by atoms with Crippen LogP contribution in [-0.2, 0) is 20.6 Å². The second kappa shape index (κ2) is 14.4. The van der Waals surface area contributed by atoms with Crippen molar-refractivity contribution in [2.75, 3.05) is 21.0 Å². The van der Waals surface area contributed by atoms with E-state index in [9.17, 15) is 20.1 Å². The Morgan fingerprint density at radius 3 is 2.45 bits per heavy atom. The van der Waals surface area contributed by atoms with Gasteiger partial charge in [-0.05, 0) is 50.8 Å². The van der Waals surface area contributed by atoms with Crippen molar-refractivity contribution in [2.24, 2.45) is 5.92 Å². The van der Waals surface area contributed by atoms with Gasteiger partial charge in [-0.2, -0.15) is 0 Å². The Labute approximate surface area is 235 Å². The van der Waals surface area contributed by atoms with Gasteiger partial charge in [0.25, 0.3) is 0 Å². The van der Waals surface area contributed by atoms with E-state index < -0.39 is 36.2 Å². The lowest BCUT2D eigenvalue weighted by atomic mass is 9.93. The molecule has 0 amide bonds. The summed E-state index contributed by atoms with van der Waals surface area (Å²) in [6.45, 7) is 5.16. The zero-order valence-electron chi connectivity index (χ0n) is 23.7. The second-order valence-corrected chi connectivity index (χ2v) is 10.2. The average molecular weight is 557 g/mol. The first kappa shape index (κ1) is 31.3. The number of aromatic carboxylic acids is 1. The Kier molecular flexibility index (Phi) is 11.3. The minimum Gasteiger partial charge on any atom is -0.497 e. The van der Waals surface area contributed by atoms with Gasteiger partial charge >= 0.3 is 5.97 Å². The predicted molar refractivity (Wildman–Crippen MR) is 150 cm³/mol. The monoisotopic (exact) mass is 556 g/mol. The van der Waals surface area contributed by atoms with Crippen LogP contribution in [-0.4, -0.2) is 72.5 Å². The molecule has 0 aliphatic carbocycles. The highest BCUT2D eigenvalue weighted by molar-refractivity contribution is 5.95. The summed E-state index contributed by atoms with van der Waals surface area (Å²) in [7, 11) is 2.93. The quantitative estimate of drug-likeness (QED) is 0.229. The summed E-state index contributed by atoms with van der Waals surface area (Å²) in [6.07, 6.45) is 5.09. The number of methoxy groups -OCH3 is 2. The summed E-state index contributed by atoms with van der Waals surface area (Å²) in [5.41, 5.74) is 1.44. The predicted octanol–water partition coefficient (Wildman–Crippen LogP) is 4.46. The van der Waals surface area contributed by atoms with Crippen molar-refractivity contribution >= 4 is 12.0 Å². The van der Waals surface area contributed by atoms with E-state index >= 15 is 0 Å². The maximum absolute atomic E-state index is 12.0. The van der Waals surface area contributed by atoms with Crippen LogP contribution in [0.25, 0.3) is 6.08 Å². The standard InChI is InChI=1S/C31H40O9/c1-20(32)22(16-21-10-7-6-8-11-21)14-15-25(33)29-26(39-31(2,3)40-29)13-9-12-23-17-24(37-5)18-27(38-19-36-4)28(23)30(34)35/h6-12,14-15,17-18,20,22,25-26,29,32-33H,13,16,19H2,1-5H3,(H,34,35)/t20-,22-,25?,26-,29+/m0/s1. The van der Waals surface area contributed by atoms with Gasteiger partial charge in [0, 0.05) is 19.1 Å². The van der Waals surface area contributed by atoms with Crippen molar-refractivity contribution in [3.8, 4) is 11.5 Å². The number of carboxylic acids is 1. The van der Waals surface area contributed by atoms with Gasteiger partial charge in [-0.15, -0.1) is 0 Å². The number of ether oxygens (including phenoxy) is 5. The molecule has 5 atom stereocenters. The number of hydrogen-bond acceptors (Lipinski definition) is 8. The second-order valence-electron chi connectivity index (χ2n) is 10.2. The molecule has 1 aliphatic rings. The first-order chi connectivity index (χ1) is 19.0. The molecule has 3 N–H and O–H groups in total. The number of hydrogen-bond donors (Lipinski definition) is 3. The lowest BCUT2D eigenvalue weighted by molar-refractivity contribution is -0.152. The van der Waals surface area contributed by atoms with Crippen molar-refractivity contribution in [3.63, 3.8) is 0 Å². The van der Waals surface area contributed by atoms with Gasteiger partial charge in [-0.1, -0.05) is 54.6 Å². The number of carboxylic acid groups (broad SMARTS) is 1. The molecule has 1 aliphatic heterocycles. The number of aliphatic hydroxyl groups excluding tert-OH is 2. The molecule has 2 aromatic rings. The van der Waals surface area contributed by atoms with E-state index in [4.69, 9.17) is 23.7 Å². The molecule has 1 heterocycles. The molecule has 1 fully saturated rings. The highest BCUT2D eigenvalue weighted by atomic mass is 16.8. The fourth-order valence-electron chi connectivity index (χ4n) is 4.64. The third kappa shape index (κ3) is 8.64. The smallest absolute Gasteiger partial charge is 0.340 e. The van der Waals surface area contributed by atoms with Crippen LogP contribution < -0.4 is 9.47 Å². The normalized spacial score (nSPS) is 21.0. The van der Waals surface area contributed by atoms with E-state index in [1.165, 1.54) is 20.3 Å². The Balaban J connectivity index is 1.77. The summed E-state index contributed by atoms with van der Waals surface area (Å²) >= 11 is 0. The Morgan fingerprint density at radius 1 is 1.10 bits per heavy atom. The van der Waals surface area contributed by atoms with E-state index in [0.29, 0.717) is 24.2 Å². The molecule has 0 aromatic heterocycles. The van der Waals surface area contributed by atoms with E-state index in [0.717, 1.165) is 5.56 Å². The van der Waals surface area contributed by atoms with Gasteiger partial charge in [-0.3, -0.25) is 0 Å². The molecule has 3 rings (SSSR count). The van der Waals surface area contributed by atoms with Crippen LogP contribution in [0.15, 0.2) is 60.7 Å². The molecule has 0 bridgehead atoms. The van der Waals surface area contributed by atoms with E-state index in [2.05, 4.69) is 0 Å². The van der Waals surface area contributed by atoms with Gasteiger partial charge in [0.2, 0.25) is 0 Å². The van der Waals surface area contributed by atoms with Gasteiger partial charge in [-0.25, -0.2) is 4.79 Å². The lowest BCUT2D eigenvalue weighted by Crippen LogP contribution is -2.34. The molecule has 218 valence electrons. The minimum atomic E-state index is -1.16. The first-order valence-corrected chi connectivity index (χ1v) is 13.2. The molecular formula is C31H40O9. The fraction of sp³-hybridized carbons (Fsp3) is 0.452. The fourth-order valence-corrected chi connectivity index (χ4v) is 4.64.